The van der Waals surface area contributed by atoms with Crippen molar-refractivity contribution in [2.45, 2.75) is 26.9 Å². The topological polar surface area (TPSA) is 204 Å². The Morgan fingerprint density at radius 1 is 0.854 bits per heavy atom. The molecule has 5 N–H and O–H groups in total. The fourth-order valence-corrected chi connectivity index (χ4v) is 5.03. The molecule has 0 saturated heterocycles. The van der Waals surface area contributed by atoms with Crippen LogP contribution in [-0.2, 0) is 14.1 Å². The first kappa shape index (κ1) is 37.7. The number of halogens is 7. The normalized spacial score (nSPS) is 11.0. The van der Waals surface area contributed by atoms with Crippen molar-refractivity contribution >= 4 is 73.0 Å². The zero-order valence-electron chi connectivity index (χ0n) is 25.5. The quantitative estimate of drug-likeness (QED) is 0.154. The number of anilines is 4. The molecular formula is C25H26Br2F5N13O3. The summed E-state index contributed by atoms with van der Waals surface area (Å²) in [6.07, 6.45) is -4.59. The van der Waals surface area contributed by atoms with Gasteiger partial charge in [-0.3, -0.25) is 20.2 Å². The average Bonchev–Trinajstić information content (AvgIpc) is 3.58. The second-order valence-electron chi connectivity index (χ2n) is 9.69. The summed E-state index contributed by atoms with van der Waals surface area (Å²) in [7, 11) is 3.00. The lowest BCUT2D eigenvalue weighted by Gasteiger charge is -2.24. The van der Waals surface area contributed by atoms with Crippen LogP contribution in [0.1, 0.15) is 38.8 Å². The minimum absolute atomic E-state index is 0.000847. The van der Waals surface area contributed by atoms with E-state index in [1.807, 2.05) is 0 Å². The summed E-state index contributed by atoms with van der Waals surface area (Å²) in [5.74, 6) is -3.08. The van der Waals surface area contributed by atoms with E-state index in [1.54, 1.807) is 14.0 Å². The molecule has 0 aliphatic carbocycles. The number of rotatable bonds is 7. The van der Waals surface area contributed by atoms with Crippen molar-refractivity contribution in [1.82, 2.24) is 45.3 Å². The molecule has 2 aromatic heterocycles. The Kier molecular flexibility index (Phi) is 12.1. The largest absolute Gasteiger partial charge is 0.406 e. The molecule has 258 valence electrons. The highest BCUT2D eigenvalue weighted by atomic mass is 79.9. The molecule has 0 bridgehead atoms. The van der Waals surface area contributed by atoms with Gasteiger partial charge in [-0.2, -0.15) is 13.2 Å². The molecule has 0 aliphatic heterocycles. The number of aromatic nitrogens is 8. The lowest BCUT2D eigenvalue weighted by molar-refractivity contribution is -0.139. The van der Waals surface area contributed by atoms with Crippen molar-refractivity contribution in [3.8, 4) is 0 Å². The number of hydrogen-bond acceptors (Lipinski definition) is 10. The molecule has 0 saturated carbocycles. The van der Waals surface area contributed by atoms with Crippen molar-refractivity contribution < 1.29 is 36.3 Å². The Labute approximate surface area is 284 Å². The molecule has 23 heteroatoms. The Bertz CT molecular complexity index is 1850. The van der Waals surface area contributed by atoms with Crippen LogP contribution < -0.4 is 21.7 Å². The number of carbonyl (C=O) groups excluding carboxylic acids is 3. The summed E-state index contributed by atoms with van der Waals surface area (Å²) in [6.45, 7) is 2.61. The van der Waals surface area contributed by atoms with E-state index in [9.17, 15) is 36.3 Å². The Morgan fingerprint density at radius 2 is 1.31 bits per heavy atom. The van der Waals surface area contributed by atoms with Crippen LogP contribution in [-0.4, -0.2) is 82.4 Å². The average molecular weight is 811 g/mol. The van der Waals surface area contributed by atoms with E-state index in [2.05, 4.69) is 78.9 Å². The van der Waals surface area contributed by atoms with E-state index < -0.39 is 47.8 Å². The van der Waals surface area contributed by atoms with Crippen molar-refractivity contribution in [3.05, 3.63) is 55.0 Å². The molecule has 0 aliphatic rings. The summed E-state index contributed by atoms with van der Waals surface area (Å²) in [6, 6.07) is 1.02. The fourth-order valence-electron chi connectivity index (χ4n) is 3.93. The first-order valence-electron chi connectivity index (χ1n) is 13.3. The first-order valence-corrected chi connectivity index (χ1v) is 14.9. The summed E-state index contributed by atoms with van der Waals surface area (Å²) < 4.78 is 69.1. The second kappa shape index (κ2) is 15.4. The molecule has 0 radical (unpaired) electrons. The Morgan fingerprint density at radius 3 is 1.73 bits per heavy atom. The molecule has 4 rings (SSSR count). The summed E-state index contributed by atoms with van der Waals surface area (Å²) >= 11 is 6.17. The molecule has 0 spiro atoms. The zero-order valence-corrected chi connectivity index (χ0v) is 28.7. The number of benzene rings is 2. The molecule has 2 heterocycles. The standard InChI is InChI=1S/C15H16BrF4N7O2.C10H10BrFN6O/c1-4-27(6-15(18,19)20)14(29)21-11-7(2)10(9(17)5-8(11)16)12(28)22-13-23-24-25-26(13)3;1-4-7(6(12)3-5(11)8(4)13)9(19)14-10-15-16-17-18(10)2/h5H,4,6H2,1-3H3,(H,21,29)(H,22,23,25,28);3H,13H2,1-2H3,(H,14,15,17,19). The SMILES string of the molecule is CCN(CC(F)(F)F)C(=O)Nc1c(Br)cc(F)c(C(=O)Nc2nnnn2C)c1C.Cc1c(N)c(Br)cc(F)c1C(=O)Nc1nnnn1C. The van der Waals surface area contributed by atoms with Crippen molar-refractivity contribution in [2.24, 2.45) is 14.1 Å². The van der Waals surface area contributed by atoms with E-state index in [-0.39, 0.29) is 39.7 Å². The van der Waals surface area contributed by atoms with E-state index in [0.717, 1.165) is 16.8 Å². The van der Waals surface area contributed by atoms with Gasteiger partial charge in [0.05, 0.1) is 16.8 Å². The highest BCUT2D eigenvalue weighted by Gasteiger charge is 2.33. The van der Waals surface area contributed by atoms with Crippen LogP contribution in [0.5, 0.6) is 0 Å². The van der Waals surface area contributed by atoms with Gasteiger partial charge in [-0.25, -0.2) is 22.9 Å². The third kappa shape index (κ3) is 8.96. The Hall–Kier alpha value is -4.80. The molecule has 0 fully saturated rings. The summed E-state index contributed by atoms with van der Waals surface area (Å²) in [5.41, 5.74) is 5.80. The summed E-state index contributed by atoms with van der Waals surface area (Å²) in [4.78, 5) is 37.3. The van der Waals surface area contributed by atoms with Gasteiger partial charge < -0.3 is 16.0 Å². The van der Waals surface area contributed by atoms with E-state index in [0.29, 0.717) is 20.6 Å². The number of carbonyl (C=O) groups is 3. The van der Waals surface area contributed by atoms with Crippen LogP contribution >= 0.6 is 31.9 Å². The highest BCUT2D eigenvalue weighted by molar-refractivity contribution is 9.11. The number of hydrogen-bond donors (Lipinski definition) is 4. The number of aryl methyl sites for hydroxylation is 2. The first-order chi connectivity index (χ1) is 22.4. The van der Waals surface area contributed by atoms with Crippen molar-refractivity contribution in [2.75, 3.05) is 34.8 Å². The fraction of sp³-hybridized carbons (Fsp3) is 0.320. The third-order valence-corrected chi connectivity index (χ3v) is 7.71. The number of alkyl halides is 3. The Balaban J connectivity index is 0.000000284. The molecule has 0 unspecified atom stereocenters. The van der Waals surface area contributed by atoms with Gasteiger partial charge in [0.1, 0.15) is 18.2 Å². The van der Waals surface area contributed by atoms with Gasteiger partial charge >= 0.3 is 12.2 Å². The maximum atomic E-state index is 14.4. The number of nitrogens with two attached hydrogens (primary N) is 1. The van der Waals surface area contributed by atoms with E-state index >= 15 is 0 Å². The number of nitrogen functional groups attached to an aromatic ring is 1. The molecule has 16 nitrogen and oxygen atoms in total. The smallest absolute Gasteiger partial charge is 0.398 e. The van der Waals surface area contributed by atoms with Gasteiger partial charge in [0.2, 0.25) is 11.9 Å². The molecule has 4 amide bonds. The third-order valence-electron chi connectivity index (χ3n) is 6.43. The van der Waals surface area contributed by atoms with E-state index in [1.165, 1.54) is 25.6 Å². The molecule has 48 heavy (non-hydrogen) atoms. The van der Waals surface area contributed by atoms with E-state index in [4.69, 9.17) is 5.73 Å². The lowest BCUT2D eigenvalue weighted by atomic mass is 10.1. The maximum absolute atomic E-state index is 14.4. The summed E-state index contributed by atoms with van der Waals surface area (Å²) in [5, 5.41) is 27.9. The molecular weight excluding hydrogens is 785 g/mol. The minimum Gasteiger partial charge on any atom is -0.398 e. The number of tetrazole rings is 2. The van der Waals surface area contributed by atoms with Gasteiger partial charge in [-0.05, 0) is 96.7 Å². The van der Waals surface area contributed by atoms with Crippen LogP contribution in [0.25, 0.3) is 0 Å². The second-order valence-corrected chi connectivity index (χ2v) is 11.4. The van der Waals surface area contributed by atoms with Gasteiger partial charge in [0.25, 0.3) is 11.8 Å². The van der Waals surface area contributed by atoms with Gasteiger partial charge in [0, 0.05) is 35.3 Å². The predicted octanol–water partition coefficient (Wildman–Crippen LogP) is 4.34. The lowest BCUT2D eigenvalue weighted by Crippen LogP contribution is -2.41. The maximum Gasteiger partial charge on any atom is 0.406 e. The van der Waals surface area contributed by atoms with Gasteiger partial charge in [0.15, 0.2) is 0 Å². The van der Waals surface area contributed by atoms with Crippen LogP contribution in [0, 0.1) is 25.5 Å². The number of nitrogens with zero attached hydrogens (tertiary/aromatic N) is 9. The van der Waals surface area contributed by atoms with Gasteiger partial charge in [-0.1, -0.05) is 10.2 Å². The number of urea groups is 1. The monoisotopic (exact) mass is 809 g/mol. The van der Waals surface area contributed by atoms with Crippen LogP contribution in [0.3, 0.4) is 0 Å². The predicted molar refractivity (Wildman–Crippen MR) is 168 cm³/mol. The molecule has 4 aromatic rings. The minimum atomic E-state index is -4.59. The van der Waals surface area contributed by atoms with Crippen LogP contribution in [0.2, 0.25) is 0 Å². The van der Waals surface area contributed by atoms with Crippen molar-refractivity contribution in [1.29, 1.82) is 0 Å². The number of nitrogens with one attached hydrogen (secondary N) is 3. The van der Waals surface area contributed by atoms with Crippen LogP contribution in [0.4, 0.5) is 50.0 Å². The highest BCUT2D eigenvalue weighted by Crippen LogP contribution is 2.32. The molecule has 2 aromatic carbocycles. The molecule has 0 atom stereocenters. The number of amides is 4. The zero-order chi connectivity index (χ0) is 36.1. The van der Waals surface area contributed by atoms with Crippen LogP contribution in [0.15, 0.2) is 21.1 Å². The van der Waals surface area contributed by atoms with Crippen molar-refractivity contribution in [3.63, 3.8) is 0 Å². The van der Waals surface area contributed by atoms with Gasteiger partial charge in [-0.15, -0.1) is 0 Å².